The smallest absolute Gasteiger partial charge is 0.247 e. The monoisotopic (exact) mass is 492 g/mol. The van der Waals surface area contributed by atoms with Crippen LogP contribution in [0.3, 0.4) is 0 Å². The van der Waals surface area contributed by atoms with Crippen LogP contribution in [-0.4, -0.2) is 33.6 Å². The normalized spacial score (nSPS) is 11.5. The van der Waals surface area contributed by atoms with Crippen LogP contribution in [0.1, 0.15) is 43.9 Å². The molecular formula is C27H29ClN4O3. The summed E-state index contributed by atoms with van der Waals surface area (Å²) in [6.45, 7) is 3.94. The highest BCUT2D eigenvalue weighted by Crippen LogP contribution is 2.26. The van der Waals surface area contributed by atoms with E-state index in [1.165, 1.54) is 4.90 Å². The molecule has 3 amide bonds. The van der Waals surface area contributed by atoms with E-state index in [1.807, 2.05) is 44.2 Å². The summed E-state index contributed by atoms with van der Waals surface area (Å²) < 4.78 is 0. The zero-order valence-electron chi connectivity index (χ0n) is 19.8. The molecule has 0 radical (unpaired) electrons. The number of hydrogen-bond donors (Lipinski definition) is 2. The number of hydrogen-bond acceptors (Lipinski definition) is 4. The van der Waals surface area contributed by atoms with E-state index in [1.54, 1.807) is 48.7 Å². The summed E-state index contributed by atoms with van der Waals surface area (Å²) in [5, 5.41) is 6.14. The van der Waals surface area contributed by atoms with E-state index in [2.05, 4.69) is 15.6 Å². The van der Waals surface area contributed by atoms with Crippen LogP contribution in [0.4, 0.5) is 5.82 Å². The van der Waals surface area contributed by atoms with Gasteiger partial charge in [0.15, 0.2) is 0 Å². The Morgan fingerprint density at radius 1 is 0.914 bits per heavy atom. The Balaban J connectivity index is 1.86. The molecule has 7 nitrogen and oxygen atoms in total. The number of nitrogens with one attached hydrogen (secondary N) is 2. The van der Waals surface area contributed by atoms with Gasteiger partial charge in [-0.2, -0.15) is 0 Å². The van der Waals surface area contributed by atoms with Crippen molar-refractivity contribution >= 4 is 35.1 Å². The highest BCUT2D eigenvalue weighted by molar-refractivity contribution is 6.30. The fourth-order valence-electron chi connectivity index (χ4n) is 3.59. The van der Waals surface area contributed by atoms with Gasteiger partial charge in [0.2, 0.25) is 17.7 Å². The van der Waals surface area contributed by atoms with Crippen molar-refractivity contribution in [2.75, 3.05) is 5.32 Å². The van der Waals surface area contributed by atoms with E-state index in [-0.39, 0.29) is 43.1 Å². The molecule has 1 heterocycles. The predicted octanol–water partition coefficient (Wildman–Crippen LogP) is 4.75. The van der Waals surface area contributed by atoms with Crippen LogP contribution in [0.5, 0.6) is 0 Å². The Morgan fingerprint density at radius 3 is 2.23 bits per heavy atom. The van der Waals surface area contributed by atoms with E-state index in [9.17, 15) is 14.4 Å². The Hall–Kier alpha value is -3.71. The van der Waals surface area contributed by atoms with Gasteiger partial charge in [0.1, 0.15) is 11.9 Å². The van der Waals surface area contributed by atoms with E-state index in [0.717, 1.165) is 5.56 Å². The van der Waals surface area contributed by atoms with Gasteiger partial charge in [0, 0.05) is 36.6 Å². The molecule has 0 saturated heterocycles. The fourth-order valence-corrected chi connectivity index (χ4v) is 3.72. The largest absolute Gasteiger partial charge is 0.352 e. The Kier molecular flexibility index (Phi) is 9.38. The molecule has 0 aliphatic carbocycles. The first-order valence-corrected chi connectivity index (χ1v) is 11.8. The topological polar surface area (TPSA) is 91.4 Å². The minimum atomic E-state index is -0.888. The molecule has 0 bridgehead atoms. The van der Waals surface area contributed by atoms with Crippen LogP contribution < -0.4 is 10.6 Å². The van der Waals surface area contributed by atoms with Gasteiger partial charge in [-0.05, 0) is 49.2 Å². The fraction of sp³-hybridized carbons (Fsp3) is 0.259. The van der Waals surface area contributed by atoms with Crippen LogP contribution in [0.25, 0.3) is 0 Å². The number of anilines is 1. The summed E-state index contributed by atoms with van der Waals surface area (Å²) in [5.74, 6) is -0.527. The van der Waals surface area contributed by atoms with E-state index in [4.69, 9.17) is 11.6 Å². The molecule has 2 N–H and O–H groups in total. The number of halogens is 1. The van der Waals surface area contributed by atoms with Crippen LogP contribution in [0.15, 0.2) is 79.0 Å². The Labute approximate surface area is 210 Å². The molecule has 1 atom stereocenters. The molecule has 1 aromatic heterocycles. The molecule has 2 aromatic carbocycles. The first kappa shape index (κ1) is 25.9. The molecule has 182 valence electrons. The summed E-state index contributed by atoms with van der Waals surface area (Å²) in [6, 6.07) is 20.5. The minimum absolute atomic E-state index is 0.0418. The molecule has 3 rings (SSSR count). The lowest BCUT2D eigenvalue weighted by Gasteiger charge is -2.32. The van der Waals surface area contributed by atoms with Crippen molar-refractivity contribution in [3.8, 4) is 0 Å². The minimum Gasteiger partial charge on any atom is -0.352 e. The summed E-state index contributed by atoms with van der Waals surface area (Å²) >= 11 is 6.07. The SMILES string of the molecule is CC(C)NC(=O)C(c1ccc(Cl)cc1)N(Cc1ccccc1)C(=O)CCC(=O)Nc1ccccn1. The third kappa shape index (κ3) is 7.93. The van der Waals surface area contributed by atoms with Crippen molar-refractivity contribution in [3.05, 3.63) is 95.1 Å². The highest BCUT2D eigenvalue weighted by atomic mass is 35.5. The predicted molar refractivity (Wildman–Crippen MR) is 137 cm³/mol. The molecule has 8 heteroatoms. The highest BCUT2D eigenvalue weighted by Gasteiger charge is 2.32. The number of rotatable bonds is 10. The zero-order valence-corrected chi connectivity index (χ0v) is 20.5. The molecule has 0 aliphatic rings. The molecule has 0 saturated carbocycles. The van der Waals surface area contributed by atoms with Gasteiger partial charge in [-0.25, -0.2) is 4.98 Å². The lowest BCUT2D eigenvalue weighted by Crippen LogP contribution is -2.45. The van der Waals surface area contributed by atoms with Crippen LogP contribution >= 0.6 is 11.6 Å². The van der Waals surface area contributed by atoms with Crippen molar-refractivity contribution in [1.82, 2.24) is 15.2 Å². The first-order chi connectivity index (χ1) is 16.8. The summed E-state index contributed by atoms with van der Waals surface area (Å²) in [6.07, 6.45) is 1.47. The molecule has 3 aromatic rings. The molecule has 0 fully saturated rings. The quantitative estimate of drug-likeness (QED) is 0.427. The lowest BCUT2D eigenvalue weighted by atomic mass is 10.0. The van der Waals surface area contributed by atoms with Gasteiger partial charge < -0.3 is 15.5 Å². The number of carbonyl (C=O) groups excluding carboxylic acids is 3. The summed E-state index contributed by atoms with van der Waals surface area (Å²) in [7, 11) is 0. The molecule has 0 spiro atoms. The number of benzene rings is 2. The van der Waals surface area contributed by atoms with Crippen LogP contribution in [-0.2, 0) is 20.9 Å². The van der Waals surface area contributed by atoms with Gasteiger partial charge in [-0.3, -0.25) is 14.4 Å². The van der Waals surface area contributed by atoms with Gasteiger partial charge in [0.25, 0.3) is 0 Å². The van der Waals surface area contributed by atoms with Crippen molar-refractivity contribution in [3.63, 3.8) is 0 Å². The third-order valence-corrected chi connectivity index (χ3v) is 5.44. The van der Waals surface area contributed by atoms with Crippen LogP contribution in [0.2, 0.25) is 5.02 Å². The van der Waals surface area contributed by atoms with E-state index >= 15 is 0 Å². The standard InChI is InChI=1S/C27H29ClN4O3/c1-19(2)30-27(35)26(21-11-13-22(28)14-12-21)32(18-20-8-4-3-5-9-20)25(34)16-15-24(33)31-23-10-6-7-17-29-23/h3-14,17,19,26H,15-16,18H2,1-2H3,(H,30,35)(H,29,31,33). The second-order valence-electron chi connectivity index (χ2n) is 8.39. The maximum Gasteiger partial charge on any atom is 0.247 e. The van der Waals surface area contributed by atoms with Crippen molar-refractivity contribution in [2.24, 2.45) is 0 Å². The van der Waals surface area contributed by atoms with Gasteiger partial charge in [-0.15, -0.1) is 0 Å². The summed E-state index contributed by atoms with van der Waals surface area (Å²) in [5.41, 5.74) is 1.50. The number of pyridine rings is 1. The molecule has 35 heavy (non-hydrogen) atoms. The Morgan fingerprint density at radius 2 is 1.60 bits per heavy atom. The molecular weight excluding hydrogens is 464 g/mol. The lowest BCUT2D eigenvalue weighted by molar-refractivity contribution is -0.142. The van der Waals surface area contributed by atoms with Crippen molar-refractivity contribution < 1.29 is 14.4 Å². The van der Waals surface area contributed by atoms with Crippen molar-refractivity contribution in [1.29, 1.82) is 0 Å². The van der Waals surface area contributed by atoms with Crippen molar-refractivity contribution in [2.45, 2.75) is 45.3 Å². The first-order valence-electron chi connectivity index (χ1n) is 11.4. The second-order valence-corrected chi connectivity index (χ2v) is 8.82. The zero-order chi connectivity index (χ0) is 25.2. The summed E-state index contributed by atoms with van der Waals surface area (Å²) in [4.78, 5) is 44.9. The van der Waals surface area contributed by atoms with Crippen LogP contribution in [0, 0.1) is 0 Å². The average Bonchev–Trinajstić information content (AvgIpc) is 2.84. The third-order valence-electron chi connectivity index (χ3n) is 5.19. The van der Waals surface area contributed by atoms with E-state index in [0.29, 0.717) is 16.4 Å². The number of amides is 3. The van der Waals surface area contributed by atoms with Gasteiger partial charge in [-0.1, -0.05) is 60.1 Å². The number of carbonyl (C=O) groups is 3. The molecule has 0 aliphatic heterocycles. The van der Waals surface area contributed by atoms with Gasteiger partial charge in [0.05, 0.1) is 0 Å². The maximum atomic E-state index is 13.5. The average molecular weight is 493 g/mol. The van der Waals surface area contributed by atoms with Gasteiger partial charge >= 0.3 is 0 Å². The maximum absolute atomic E-state index is 13.5. The molecule has 1 unspecified atom stereocenters. The second kappa shape index (κ2) is 12.7. The number of nitrogens with zero attached hydrogens (tertiary/aromatic N) is 2. The Bertz CT molecular complexity index is 1120. The van der Waals surface area contributed by atoms with E-state index < -0.39 is 6.04 Å². The number of aromatic nitrogens is 1.